The number of benzene rings is 1. The van der Waals surface area contributed by atoms with Crippen molar-refractivity contribution >= 4 is 16.7 Å². The van der Waals surface area contributed by atoms with E-state index in [1.807, 2.05) is 30.3 Å². The van der Waals surface area contributed by atoms with E-state index in [4.69, 9.17) is 0 Å². The summed E-state index contributed by atoms with van der Waals surface area (Å²) in [6, 6.07) is 11.0. The molecule has 6 heteroatoms. The summed E-state index contributed by atoms with van der Waals surface area (Å²) in [4.78, 5) is 14.3. The lowest BCUT2D eigenvalue weighted by Crippen LogP contribution is -1.92. The molecule has 3 aromatic rings. The van der Waals surface area contributed by atoms with E-state index in [1.54, 1.807) is 6.07 Å². The largest absolute Gasteiger partial charge is 0.375 e. The topological polar surface area (TPSA) is 84.7 Å². The SMILES string of the molecule is O=[N+]([O-])c1nccc2[nH]nc(-c3ccccc3)c12. The Morgan fingerprint density at radius 3 is 2.67 bits per heavy atom. The Morgan fingerprint density at radius 1 is 1.17 bits per heavy atom. The highest BCUT2D eigenvalue weighted by molar-refractivity contribution is 5.98. The van der Waals surface area contributed by atoms with Crippen molar-refractivity contribution in [2.45, 2.75) is 0 Å². The molecule has 1 N–H and O–H groups in total. The van der Waals surface area contributed by atoms with Crippen LogP contribution in [0.4, 0.5) is 5.82 Å². The van der Waals surface area contributed by atoms with Crippen LogP contribution in [0.25, 0.3) is 22.2 Å². The molecular weight excluding hydrogens is 232 g/mol. The highest BCUT2D eigenvalue weighted by Gasteiger charge is 2.20. The van der Waals surface area contributed by atoms with E-state index < -0.39 is 4.92 Å². The van der Waals surface area contributed by atoms with Gasteiger partial charge in [0.15, 0.2) is 0 Å². The van der Waals surface area contributed by atoms with Gasteiger partial charge in [-0.25, -0.2) is 0 Å². The maximum Gasteiger partial charge on any atom is 0.375 e. The zero-order chi connectivity index (χ0) is 12.5. The van der Waals surface area contributed by atoms with Crippen molar-refractivity contribution in [2.75, 3.05) is 0 Å². The summed E-state index contributed by atoms with van der Waals surface area (Å²) in [6.45, 7) is 0. The number of H-pyrrole nitrogens is 1. The minimum atomic E-state index is -0.496. The molecule has 0 amide bonds. The Hall–Kier alpha value is -2.76. The van der Waals surface area contributed by atoms with Gasteiger partial charge in [0.25, 0.3) is 0 Å². The van der Waals surface area contributed by atoms with Crippen molar-refractivity contribution in [3.05, 3.63) is 52.7 Å². The number of fused-ring (bicyclic) bond motifs is 1. The van der Waals surface area contributed by atoms with E-state index in [9.17, 15) is 10.1 Å². The predicted octanol–water partition coefficient (Wildman–Crippen LogP) is 2.53. The lowest BCUT2D eigenvalue weighted by molar-refractivity contribution is -0.387. The first-order chi connectivity index (χ1) is 8.77. The van der Waals surface area contributed by atoms with Crippen LogP contribution >= 0.6 is 0 Å². The van der Waals surface area contributed by atoms with Gasteiger partial charge >= 0.3 is 5.82 Å². The molecule has 0 spiro atoms. The fourth-order valence-corrected chi connectivity index (χ4v) is 1.89. The molecule has 2 heterocycles. The smallest absolute Gasteiger partial charge is 0.358 e. The number of hydrogen-bond acceptors (Lipinski definition) is 4. The van der Waals surface area contributed by atoms with Crippen molar-refractivity contribution in [1.82, 2.24) is 15.2 Å². The maximum atomic E-state index is 11.0. The summed E-state index contributed by atoms with van der Waals surface area (Å²) in [7, 11) is 0. The van der Waals surface area contributed by atoms with Gasteiger partial charge in [-0.1, -0.05) is 30.3 Å². The summed E-state index contributed by atoms with van der Waals surface area (Å²) >= 11 is 0. The van der Waals surface area contributed by atoms with Crippen molar-refractivity contribution in [2.24, 2.45) is 0 Å². The molecule has 0 aliphatic carbocycles. The first-order valence-electron chi connectivity index (χ1n) is 5.30. The standard InChI is InChI=1S/C12H8N4O2/c17-16(18)12-10-9(6-7-13-12)14-15-11(10)8-4-2-1-3-5-8/h1-7H,(H,14,15). The fourth-order valence-electron chi connectivity index (χ4n) is 1.89. The molecule has 3 rings (SSSR count). The van der Waals surface area contributed by atoms with Gasteiger partial charge in [-0.05, 0) is 9.91 Å². The Balaban J connectivity index is 2.35. The van der Waals surface area contributed by atoms with E-state index in [-0.39, 0.29) is 5.82 Å². The van der Waals surface area contributed by atoms with Gasteiger partial charge in [0.05, 0.1) is 5.52 Å². The van der Waals surface area contributed by atoms with Crippen LogP contribution in [0.2, 0.25) is 0 Å². The number of aromatic nitrogens is 3. The zero-order valence-corrected chi connectivity index (χ0v) is 9.20. The van der Waals surface area contributed by atoms with Gasteiger partial charge in [0, 0.05) is 11.6 Å². The summed E-state index contributed by atoms with van der Waals surface area (Å²) in [5, 5.41) is 18.4. The first-order valence-corrected chi connectivity index (χ1v) is 5.30. The minimum Gasteiger partial charge on any atom is -0.358 e. The Labute approximate surface area is 101 Å². The summed E-state index contributed by atoms with van der Waals surface area (Å²) in [5.41, 5.74) is 1.97. The number of hydrogen-bond donors (Lipinski definition) is 1. The molecule has 0 aliphatic rings. The Kier molecular flexibility index (Phi) is 2.26. The second-order valence-electron chi connectivity index (χ2n) is 3.75. The summed E-state index contributed by atoms with van der Waals surface area (Å²) in [5.74, 6) is -0.180. The normalized spacial score (nSPS) is 10.7. The highest BCUT2D eigenvalue weighted by atomic mass is 16.6. The molecule has 1 aromatic carbocycles. The number of nitrogens with zero attached hydrogens (tertiary/aromatic N) is 3. The lowest BCUT2D eigenvalue weighted by Gasteiger charge is -1.98. The van der Waals surface area contributed by atoms with Crippen LogP contribution in [-0.2, 0) is 0 Å². The summed E-state index contributed by atoms with van der Waals surface area (Å²) < 4.78 is 0. The number of rotatable bonds is 2. The number of pyridine rings is 1. The van der Waals surface area contributed by atoms with Crippen LogP contribution in [0, 0.1) is 10.1 Å². The van der Waals surface area contributed by atoms with Crippen molar-refractivity contribution in [3.8, 4) is 11.3 Å². The Bertz CT molecular complexity index is 721. The van der Waals surface area contributed by atoms with Crippen LogP contribution in [0.3, 0.4) is 0 Å². The molecule has 0 atom stereocenters. The predicted molar refractivity (Wildman–Crippen MR) is 66.0 cm³/mol. The number of aromatic amines is 1. The third kappa shape index (κ3) is 1.51. The molecule has 18 heavy (non-hydrogen) atoms. The molecule has 0 saturated heterocycles. The third-order valence-electron chi connectivity index (χ3n) is 2.68. The van der Waals surface area contributed by atoms with Crippen molar-refractivity contribution < 1.29 is 4.92 Å². The monoisotopic (exact) mass is 240 g/mol. The molecular formula is C12H8N4O2. The second-order valence-corrected chi connectivity index (χ2v) is 3.75. The number of nitrogens with one attached hydrogen (secondary N) is 1. The minimum absolute atomic E-state index is 0.180. The van der Waals surface area contributed by atoms with Gasteiger partial charge in [0.1, 0.15) is 17.3 Å². The van der Waals surface area contributed by atoms with Crippen LogP contribution in [0.15, 0.2) is 42.6 Å². The van der Waals surface area contributed by atoms with Crippen molar-refractivity contribution in [3.63, 3.8) is 0 Å². The fraction of sp³-hybridized carbons (Fsp3) is 0. The molecule has 88 valence electrons. The maximum absolute atomic E-state index is 11.0. The zero-order valence-electron chi connectivity index (χ0n) is 9.20. The molecule has 0 unspecified atom stereocenters. The molecule has 0 radical (unpaired) electrons. The third-order valence-corrected chi connectivity index (χ3v) is 2.68. The van der Waals surface area contributed by atoms with Crippen LogP contribution in [-0.4, -0.2) is 20.1 Å². The van der Waals surface area contributed by atoms with E-state index in [2.05, 4.69) is 15.2 Å². The van der Waals surface area contributed by atoms with Gasteiger partial charge in [-0.15, -0.1) is 0 Å². The molecule has 2 aromatic heterocycles. The summed E-state index contributed by atoms with van der Waals surface area (Å²) in [6.07, 6.45) is 1.40. The average molecular weight is 240 g/mol. The highest BCUT2D eigenvalue weighted by Crippen LogP contribution is 2.31. The lowest BCUT2D eigenvalue weighted by atomic mass is 10.1. The van der Waals surface area contributed by atoms with Gasteiger partial charge in [0.2, 0.25) is 0 Å². The number of nitro groups is 1. The molecule has 0 aliphatic heterocycles. The van der Waals surface area contributed by atoms with Crippen LogP contribution in [0.5, 0.6) is 0 Å². The van der Waals surface area contributed by atoms with Gasteiger partial charge in [-0.2, -0.15) is 5.10 Å². The second kappa shape index (κ2) is 3.92. The quantitative estimate of drug-likeness (QED) is 0.551. The van der Waals surface area contributed by atoms with Gasteiger partial charge < -0.3 is 10.1 Å². The molecule has 0 saturated carbocycles. The van der Waals surface area contributed by atoms with E-state index in [0.29, 0.717) is 16.6 Å². The van der Waals surface area contributed by atoms with E-state index >= 15 is 0 Å². The molecule has 6 nitrogen and oxygen atoms in total. The first kappa shape index (κ1) is 10.4. The van der Waals surface area contributed by atoms with E-state index in [1.165, 1.54) is 6.20 Å². The average Bonchev–Trinajstić information content (AvgIpc) is 2.83. The van der Waals surface area contributed by atoms with E-state index in [0.717, 1.165) is 5.56 Å². The van der Waals surface area contributed by atoms with Crippen LogP contribution in [0.1, 0.15) is 0 Å². The van der Waals surface area contributed by atoms with Gasteiger partial charge in [-0.3, -0.25) is 5.10 Å². The van der Waals surface area contributed by atoms with Crippen molar-refractivity contribution in [1.29, 1.82) is 0 Å². The Morgan fingerprint density at radius 2 is 1.94 bits per heavy atom. The molecule has 0 fully saturated rings. The van der Waals surface area contributed by atoms with Crippen LogP contribution < -0.4 is 0 Å². The molecule has 0 bridgehead atoms.